The molecule has 0 saturated carbocycles. The molecule has 0 spiro atoms. The number of hydrogen-bond acceptors (Lipinski definition) is 4. The van der Waals surface area contributed by atoms with Crippen LogP contribution in [0.25, 0.3) is 0 Å². The van der Waals surface area contributed by atoms with E-state index in [1.54, 1.807) is 17.4 Å². The number of carbonyl (C=O) groups excluding carboxylic acids is 2. The summed E-state index contributed by atoms with van der Waals surface area (Å²) in [5.74, 6) is 0.250. The van der Waals surface area contributed by atoms with Gasteiger partial charge in [0.15, 0.2) is 0 Å². The number of amides is 2. The second-order valence-electron chi connectivity index (χ2n) is 9.21. The highest BCUT2D eigenvalue weighted by atomic mass is 32.1. The number of nitrogens with one attached hydrogen (secondary N) is 2. The minimum absolute atomic E-state index is 0.150. The van der Waals surface area contributed by atoms with Crippen molar-refractivity contribution in [1.82, 2.24) is 0 Å². The molecule has 2 amide bonds. The number of para-hydroxylation sites is 1. The van der Waals surface area contributed by atoms with Crippen LogP contribution in [-0.4, -0.2) is 11.8 Å². The van der Waals surface area contributed by atoms with Crippen molar-refractivity contribution in [2.75, 3.05) is 10.6 Å². The second kappa shape index (κ2) is 8.60. The number of benzene rings is 1. The van der Waals surface area contributed by atoms with Gasteiger partial charge in [-0.2, -0.15) is 0 Å². The number of aryl methyl sites for hydroxylation is 1. The first-order chi connectivity index (χ1) is 14.7. The third-order valence-corrected chi connectivity index (χ3v) is 8.12. The Hall–Kier alpha value is -2.44. The largest absolute Gasteiger partial charge is 0.322 e. The van der Waals surface area contributed by atoms with E-state index in [9.17, 15) is 9.59 Å². The van der Waals surface area contributed by atoms with Crippen molar-refractivity contribution in [2.24, 2.45) is 11.3 Å². The van der Waals surface area contributed by atoms with Crippen LogP contribution in [-0.2, 0) is 12.8 Å². The van der Waals surface area contributed by atoms with Crippen molar-refractivity contribution in [3.05, 3.63) is 68.2 Å². The smallest absolute Gasteiger partial charge is 0.266 e. The molecular formula is C25H28N2O2S2. The maximum atomic E-state index is 13.4. The first kappa shape index (κ1) is 21.8. The lowest BCUT2D eigenvalue weighted by Crippen LogP contribution is -2.27. The minimum Gasteiger partial charge on any atom is -0.322 e. The molecule has 4 nitrogen and oxygen atoms in total. The Morgan fingerprint density at radius 1 is 1.03 bits per heavy atom. The first-order valence-electron chi connectivity index (χ1n) is 10.6. The van der Waals surface area contributed by atoms with Gasteiger partial charge in [0.2, 0.25) is 0 Å². The number of anilines is 2. The van der Waals surface area contributed by atoms with Crippen molar-refractivity contribution in [2.45, 2.75) is 47.0 Å². The monoisotopic (exact) mass is 452 g/mol. The van der Waals surface area contributed by atoms with Crippen LogP contribution in [0.15, 0.2) is 41.8 Å². The van der Waals surface area contributed by atoms with Crippen molar-refractivity contribution < 1.29 is 9.59 Å². The molecular weight excluding hydrogens is 424 g/mol. The van der Waals surface area contributed by atoms with Crippen LogP contribution >= 0.6 is 22.7 Å². The molecule has 2 aromatic heterocycles. The van der Waals surface area contributed by atoms with Gasteiger partial charge in [0.25, 0.3) is 11.8 Å². The summed E-state index contributed by atoms with van der Waals surface area (Å²) in [4.78, 5) is 28.1. The molecule has 1 aliphatic rings. The quantitative estimate of drug-likeness (QED) is 0.459. The molecule has 1 aromatic carbocycles. The summed E-state index contributed by atoms with van der Waals surface area (Å²) < 4.78 is 0. The van der Waals surface area contributed by atoms with Crippen LogP contribution in [0.3, 0.4) is 0 Å². The molecule has 0 saturated heterocycles. The maximum absolute atomic E-state index is 13.4. The zero-order chi connectivity index (χ0) is 22.2. The SMILES string of the molecule is Cc1ccccc1NC(=O)c1c(NC(=O)c2cccs2)sc2c1CCC(C(C)(C)C)C2. The molecule has 31 heavy (non-hydrogen) atoms. The number of rotatable bonds is 4. The molecule has 1 aliphatic carbocycles. The highest BCUT2D eigenvalue weighted by Crippen LogP contribution is 2.44. The van der Waals surface area contributed by atoms with Gasteiger partial charge in [-0.05, 0) is 66.2 Å². The number of hydrogen-bond donors (Lipinski definition) is 2. The Morgan fingerprint density at radius 2 is 1.81 bits per heavy atom. The molecule has 0 fully saturated rings. The minimum atomic E-state index is -0.161. The summed E-state index contributed by atoms with van der Waals surface area (Å²) in [5.41, 5.74) is 3.74. The molecule has 1 unspecified atom stereocenters. The number of thiophene rings is 2. The highest BCUT2D eigenvalue weighted by Gasteiger charge is 2.34. The third kappa shape index (κ3) is 4.60. The summed E-state index contributed by atoms with van der Waals surface area (Å²) in [5, 5.41) is 8.65. The highest BCUT2D eigenvalue weighted by molar-refractivity contribution is 7.17. The average molecular weight is 453 g/mol. The summed E-state index contributed by atoms with van der Waals surface area (Å²) in [6, 6.07) is 11.4. The second-order valence-corrected chi connectivity index (χ2v) is 11.3. The van der Waals surface area contributed by atoms with Gasteiger partial charge in [-0.1, -0.05) is 45.0 Å². The van der Waals surface area contributed by atoms with Gasteiger partial charge in [0, 0.05) is 10.6 Å². The predicted octanol–water partition coefficient (Wildman–Crippen LogP) is 6.77. The lowest BCUT2D eigenvalue weighted by atomic mass is 9.72. The summed E-state index contributed by atoms with van der Waals surface area (Å²) in [6.45, 7) is 8.82. The Balaban J connectivity index is 1.69. The third-order valence-electron chi connectivity index (χ3n) is 6.08. The molecule has 1 atom stereocenters. The molecule has 2 N–H and O–H groups in total. The molecule has 3 aromatic rings. The van der Waals surface area contributed by atoms with Gasteiger partial charge in [-0.3, -0.25) is 9.59 Å². The van der Waals surface area contributed by atoms with Crippen LogP contribution in [0, 0.1) is 18.3 Å². The fourth-order valence-corrected chi connectivity index (χ4v) is 6.06. The Kier molecular flexibility index (Phi) is 6.04. The Morgan fingerprint density at radius 3 is 2.48 bits per heavy atom. The van der Waals surface area contributed by atoms with Crippen molar-refractivity contribution in [1.29, 1.82) is 0 Å². The Labute approximate surface area is 191 Å². The van der Waals surface area contributed by atoms with Crippen LogP contribution in [0.5, 0.6) is 0 Å². The maximum Gasteiger partial charge on any atom is 0.266 e. The molecule has 0 aliphatic heterocycles. The number of carbonyl (C=O) groups is 2. The predicted molar refractivity (Wildman–Crippen MR) is 131 cm³/mol. The fourth-order valence-electron chi connectivity index (χ4n) is 4.12. The van der Waals surface area contributed by atoms with Crippen LogP contribution in [0.4, 0.5) is 10.7 Å². The molecule has 0 radical (unpaired) electrons. The van der Waals surface area contributed by atoms with Crippen LogP contribution < -0.4 is 10.6 Å². The molecule has 6 heteroatoms. The zero-order valence-corrected chi connectivity index (χ0v) is 20.0. The average Bonchev–Trinajstić information content (AvgIpc) is 3.36. The van der Waals surface area contributed by atoms with Gasteiger partial charge in [0.1, 0.15) is 5.00 Å². The van der Waals surface area contributed by atoms with E-state index in [-0.39, 0.29) is 17.2 Å². The first-order valence-corrected chi connectivity index (χ1v) is 12.3. The summed E-state index contributed by atoms with van der Waals surface area (Å²) in [7, 11) is 0. The van der Waals surface area contributed by atoms with E-state index < -0.39 is 0 Å². The van der Waals surface area contributed by atoms with E-state index in [1.807, 2.05) is 42.6 Å². The molecule has 4 rings (SSSR count). The van der Waals surface area contributed by atoms with Crippen molar-refractivity contribution >= 4 is 45.2 Å². The van der Waals surface area contributed by atoms with Gasteiger partial charge in [-0.15, -0.1) is 22.7 Å². The molecule has 2 heterocycles. The van der Waals surface area contributed by atoms with E-state index in [2.05, 4.69) is 31.4 Å². The molecule has 162 valence electrons. The standard InChI is InChI=1S/C25H28N2O2S2/c1-15-8-5-6-9-18(15)26-23(29)21-17-12-11-16(25(2,3)4)14-20(17)31-24(21)27-22(28)19-10-7-13-30-19/h5-10,13,16H,11-12,14H2,1-4H3,(H,26,29)(H,27,28). The van der Waals surface area contributed by atoms with E-state index in [4.69, 9.17) is 0 Å². The van der Waals surface area contributed by atoms with Crippen molar-refractivity contribution in [3.63, 3.8) is 0 Å². The molecule has 0 bridgehead atoms. The van der Waals surface area contributed by atoms with Gasteiger partial charge >= 0.3 is 0 Å². The topological polar surface area (TPSA) is 58.2 Å². The summed E-state index contributed by atoms with van der Waals surface area (Å²) in [6.07, 6.45) is 2.86. The number of fused-ring (bicyclic) bond motifs is 1. The van der Waals surface area contributed by atoms with E-state index in [1.165, 1.54) is 16.2 Å². The zero-order valence-electron chi connectivity index (χ0n) is 18.4. The normalized spacial score (nSPS) is 15.9. The van der Waals surface area contributed by atoms with Crippen molar-refractivity contribution in [3.8, 4) is 0 Å². The van der Waals surface area contributed by atoms with Gasteiger partial charge < -0.3 is 10.6 Å². The Bertz CT molecular complexity index is 1110. The lowest BCUT2D eigenvalue weighted by Gasteiger charge is -2.33. The van der Waals surface area contributed by atoms with E-state index >= 15 is 0 Å². The van der Waals surface area contributed by atoms with Crippen LogP contribution in [0.2, 0.25) is 0 Å². The summed E-state index contributed by atoms with van der Waals surface area (Å²) >= 11 is 2.96. The fraction of sp³-hybridized carbons (Fsp3) is 0.360. The van der Waals surface area contributed by atoms with Gasteiger partial charge in [0.05, 0.1) is 10.4 Å². The van der Waals surface area contributed by atoms with E-state index in [0.29, 0.717) is 21.4 Å². The van der Waals surface area contributed by atoms with E-state index in [0.717, 1.165) is 36.1 Å². The lowest BCUT2D eigenvalue weighted by molar-refractivity contribution is 0.102. The van der Waals surface area contributed by atoms with Crippen LogP contribution in [0.1, 0.15) is 63.2 Å². The van der Waals surface area contributed by atoms with Gasteiger partial charge in [-0.25, -0.2) is 0 Å².